The number of thioether (sulfide) groups is 1. The van der Waals surface area contributed by atoms with Gasteiger partial charge in [-0.25, -0.2) is 9.97 Å². The van der Waals surface area contributed by atoms with E-state index < -0.39 is 0 Å². The van der Waals surface area contributed by atoms with E-state index in [0.29, 0.717) is 12.0 Å². The smallest absolute Gasteiger partial charge is 0.135 e. The van der Waals surface area contributed by atoms with E-state index >= 15 is 0 Å². The van der Waals surface area contributed by atoms with Crippen molar-refractivity contribution in [3.05, 3.63) is 11.9 Å². The number of hydrogen-bond donors (Lipinski definition) is 2. The van der Waals surface area contributed by atoms with Crippen molar-refractivity contribution in [2.45, 2.75) is 59.4 Å². The highest BCUT2D eigenvalue weighted by Gasteiger charge is 2.16. The SMILES string of the molecule is CCCNc1ncnc(NC(C)CCSCC)c1C(C)C. The van der Waals surface area contributed by atoms with Gasteiger partial charge >= 0.3 is 0 Å². The molecule has 0 bridgehead atoms. The molecule has 0 saturated carbocycles. The molecule has 0 fully saturated rings. The number of nitrogens with zero attached hydrogens (tertiary/aromatic N) is 2. The molecule has 0 aliphatic rings. The predicted molar refractivity (Wildman–Crippen MR) is 95.6 cm³/mol. The van der Waals surface area contributed by atoms with Gasteiger partial charge in [0, 0.05) is 18.2 Å². The lowest BCUT2D eigenvalue weighted by Crippen LogP contribution is -2.20. The van der Waals surface area contributed by atoms with Crippen LogP contribution in [0.15, 0.2) is 6.33 Å². The van der Waals surface area contributed by atoms with Gasteiger partial charge in [0.1, 0.15) is 18.0 Å². The Labute approximate surface area is 133 Å². The summed E-state index contributed by atoms with van der Waals surface area (Å²) in [5.74, 6) is 4.72. The van der Waals surface area contributed by atoms with E-state index in [2.05, 4.69) is 55.2 Å². The van der Waals surface area contributed by atoms with Crippen molar-refractivity contribution in [1.82, 2.24) is 9.97 Å². The van der Waals surface area contributed by atoms with Crippen LogP contribution >= 0.6 is 11.8 Å². The standard InChI is InChI=1S/C16H30N4S/c1-6-9-17-15-14(12(3)4)16(19-11-18-15)20-13(5)8-10-21-7-2/h11-13H,6-10H2,1-5H3,(H2,17,18,19,20). The molecule has 1 rings (SSSR count). The van der Waals surface area contributed by atoms with Gasteiger partial charge in [0.2, 0.25) is 0 Å². The average molecular weight is 311 g/mol. The molecular weight excluding hydrogens is 280 g/mol. The van der Waals surface area contributed by atoms with Crippen molar-refractivity contribution in [2.24, 2.45) is 0 Å². The summed E-state index contributed by atoms with van der Waals surface area (Å²) < 4.78 is 0. The molecule has 1 unspecified atom stereocenters. The van der Waals surface area contributed by atoms with Gasteiger partial charge in [-0.1, -0.05) is 27.7 Å². The number of aromatic nitrogens is 2. The molecule has 0 aromatic carbocycles. The summed E-state index contributed by atoms with van der Waals surface area (Å²) in [4.78, 5) is 8.88. The first-order valence-electron chi connectivity index (χ1n) is 8.03. The van der Waals surface area contributed by atoms with E-state index in [4.69, 9.17) is 0 Å². The molecule has 1 heterocycles. The third-order valence-electron chi connectivity index (χ3n) is 3.29. The van der Waals surface area contributed by atoms with E-state index in [1.165, 1.54) is 17.1 Å². The first kappa shape index (κ1) is 18.1. The van der Waals surface area contributed by atoms with Gasteiger partial charge in [-0.3, -0.25) is 0 Å². The summed E-state index contributed by atoms with van der Waals surface area (Å²) >= 11 is 1.99. The minimum absolute atomic E-state index is 0.394. The zero-order valence-electron chi connectivity index (χ0n) is 14.1. The molecule has 0 aliphatic heterocycles. The Hall–Kier alpha value is -0.970. The lowest BCUT2D eigenvalue weighted by molar-refractivity contribution is 0.754. The fraction of sp³-hybridized carbons (Fsp3) is 0.750. The quantitative estimate of drug-likeness (QED) is 0.629. The summed E-state index contributed by atoms with van der Waals surface area (Å²) in [6.07, 6.45) is 3.90. The maximum Gasteiger partial charge on any atom is 0.135 e. The number of hydrogen-bond acceptors (Lipinski definition) is 5. The van der Waals surface area contributed by atoms with Crippen LogP contribution in [0.1, 0.15) is 58.9 Å². The van der Waals surface area contributed by atoms with Crippen LogP contribution in [0.2, 0.25) is 0 Å². The molecule has 1 aromatic heterocycles. The van der Waals surface area contributed by atoms with Crippen LogP contribution < -0.4 is 10.6 Å². The Bertz CT molecular complexity index is 409. The van der Waals surface area contributed by atoms with Crippen molar-refractivity contribution in [2.75, 3.05) is 28.7 Å². The van der Waals surface area contributed by atoms with Crippen LogP contribution in [0, 0.1) is 0 Å². The van der Waals surface area contributed by atoms with Gasteiger partial charge in [0.25, 0.3) is 0 Å². The Morgan fingerprint density at radius 1 is 1.14 bits per heavy atom. The minimum Gasteiger partial charge on any atom is -0.370 e. The second kappa shape index (κ2) is 9.87. The van der Waals surface area contributed by atoms with Crippen molar-refractivity contribution >= 4 is 23.4 Å². The van der Waals surface area contributed by atoms with Crippen LogP contribution in [0.25, 0.3) is 0 Å². The third kappa shape index (κ3) is 6.12. The monoisotopic (exact) mass is 310 g/mol. The molecule has 120 valence electrons. The zero-order valence-corrected chi connectivity index (χ0v) is 14.9. The summed E-state index contributed by atoms with van der Waals surface area (Å²) in [6.45, 7) is 11.9. The largest absolute Gasteiger partial charge is 0.370 e. The summed E-state index contributed by atoms with van der Waals surface area (Å²) in [5.41, 5.74) is 1.20. The first-order valence-corrected chi connectivity index (χ1v) is 9.18. The highest BCUT2D eigenvalue weighted by Crippen LogP contribution is 2.29. The number of rotatable bonds is 10. The highest BCUT2D eigenvalue weighted by atomic mass is 32.2. The molecule has 5 heteroatoms. The van der Waals surface area contributed by atoms with Crippen LogP contribution in [0.5, 0.6) is 0 Å². The Morgan fingerprint density at radius 2 is 1.86 bits per heavy atom. The highest BCUT2D eigenvalue weighted by molar-refractivity contribution is 7.99. The maximum atomic E-state index is 4.47. The molecule has 2 N–H and O–H groups in total. The second-order valence-corrected chi connectivity index (χ2v) is 6.99. The van der Waals surface area contributed by atoms with E-state index in [1.54, 1.807) is 6.33 Å². The van der Waals surface area contributed by atoms with E-state index in [1.807, 2.05) is 11.8 Å². The van der Waals surface area contributed by atoms with E-state index in [0.717, 1.165) is 31.0 Å². The fourth-order valence-corrected chi connectivity index (χ4v) is 2.96. The van der Waals surface area contributed by atoms with E-state index in [9.17, 15) is 0 Å². The Morgan fingerprint density at radius 3 is 2.48 bits per heavy atom. The van der Waals surface area contributed by atoms with Gasteiger partial charge in [-0.15, -0.1) is 0 Å². The van der Waals surface area contributed by atoms with Crippen LogP contribution in [-0.2, 0) is 0 Å². The van der Waals surface area contributed by atoms with Crippen molar-refractivity contribution < 1.29 is 0 Å². The van der Waals surface area contributed by atoms with Gasteiger partial charge in [0.15, 0.2) is 0 Å². The topological polar surface area (TPSA) is 49.8 Å². The third-order valence-corrected chi connectivity index (χ3v) is 4.22. The van der Waals surface area contributed by atoms with Gasteiger partial charge in [-0.2, -0.15) is 11.8 Å². The molecule has 0 saturated heterocycles. The molecule has 21 heavy (non-hydrogen) atoms. The summed E-state index contributed by atoms with van der Waals surface area (Å²) in [6, 6.07) is 0.426. The Kier molecular flexibility index (Phi) is 8.50. The predicted octanol–water partition coefficient (Wildman–Crippen LogP) is 4.37. The second-order valence-electron chi connectivity index (χ2n) is 5.60. The molecule has 4 nitrogen and oxygen atoms in total. The van der Waals surface area contributed by atoms with Crippen molar-refractivity contribution in [3.8, 4) is 0 Å². The number of nitrogens with one attached hydrogen (secondary N) is 2. The lowest BCUT2D eigenvalue weighted by atomic mass is 10.0. The molecule has 0 radical (unpaired) electrons. The van der Waals surface area contributed by atoms with Crippen LogP contribution in [-0.4, -0.2) is 34.1 Å². The van der Waals surface area contributed by atoms with Crippen LogP contribution in [0.4, 0.5) is 11.6 Å². The molecule has 1 atom stereocenters. The fourth-order valence-electron chi connectivity index (χ4n) is 2.15. The van der Waals surface area contributed by atoms with Gasteiger partial charge in [-0.05, 0) is 37.2 Å². The average Bonchev–Trinajstić information content (AvgIpc) is 2.45. The zero-order chi connectivity index (χ0) is 15.7. The van der Waals surface area contributed by atoms with Gasteiger partial charge in [0.05, 0.1) is 0 Å². The van der Waals surface area contributed by atoms with Crippen LogP contribution in [0.3, 0.4) is 0 Å². The summed E-state index contributed by atoms with van der Waals surface area (Å²) in [5, 5.41) is 6.98. The lowest BCUT2D eigenvalue weighted by Gasteiger charge is -2.21. The first-order chi connectivity index (χ1) is 10.1. The van der Waals surface area contributed by atoms with Crippen molar-refractivity contribution in [3.63, 3.8) is 0 Å². The Balaban J connectivity index is 2.80. The number of anilines is 2. The molecule has 0 spiro atoms. The molecule has 1 aromatic rings. The minimum atomic E-state index is 0.394. The normalized spacial score (nSPS) is 12.5. The molecular formula is C16H30N4S. The molecule has 0 amide bonds. The van der Waals surface area contributed by atoms with Crippen molar-refractivity contribution in [1.29, 1.82) is 0 Å². The maximum absolute atomic E-state index is 4.47. The van der Waals surface area contributed by atoms with Gasteiger partial charge < -0.3 is 10.6 Å². The van der Waals surface area contributed by atoms with E-state index in [-0.39, 0.29) is 0 Å². The summed E-state index contributed by atoms with van der Waals surface area (Å²) in [7, 11) is 0. The molecule has 0 aliphatic carbocycles.